The minimum Gasteiger partial charge on any atom is -0.349 e. The number of hydrogen-bond donors (Lipinski definition) is 0. The standard InChI is InChI=1S/C18H37O2/c1-7-11-17(10-4)15(6)13-20-18(19)14(5)12-16(8-2)9-3/h14-18H,7-13H2,1-6H3. The van der Waals surface area contributed by atoms with Crippen molar-refractivity contribution in [3.8, 4) is 0 Å². The highest BCUT2D eigenvalue weighted by Gasteiger charge is 2.22. The van der Waals surface area contributed by atoms with Crippen molar-refractivity contribution in [1.82, 2.24) is 0 Å². The lowest BCUT2D eigenvalue weighted by atomic mass is 9.88. The van der Waals surface area contributed by atoms with E-state index < -0.39 is 6.29 Å². The summed E-state index contributed by atoms with van der Waals surface area (Å²) in [6, 6.07) is 0. The fraction of sp³-hybridized carbons (Fsp3) is 1.00. The zero-order chi connectivity index (χ0) is 15.5. The summed E-state index contributed by atoms with van der Waals surface area (Å²) >= 11 is 0. The van der Waals surface area contributed by atoms with Crippen molar-refractivity contribution in [1.29, 1.82) is 0 Å². The van der Waals surface area contributed by atoms with Crippen molar-refractivity contribution >= 4 is 0 Å². The lowest BCUT2D eigenvalue weighted by molar-refractivity contribution is -0.180. The molecule has 0 saturated carbocycles. The fourth-order valence-corrected chi connectivity index (χ4v) is 3.07. The highest BCUT2D eigenvalue weighted by molar-refractivity contribution is 4.67. The third-order valence-electron chi connectivity index (χ3n) is 4.84. The fourth-order valence-electron chi connectivity index (χ4n) is 3.07. The van der Waals surface area contributed by atoms with Crippen LogP contribution in [0.3, 0.4) is 0 Å². The maximum atomic E-state index is 12.1. The lowest BCUT2D eigenvalue weighted by Crippen LogP contribution is -2.26. The van der Waals surface area contributed by atoms with Crippen LogP contribution in [0.25, 0.3) is 0 Å². The molecule has 0 aromatic carbocycles. The van der Waals surface area contributed by atoms with Crippen LogP contribution in [0.15, 0.2) is 0 Å². The molecule has 2 nitrogen and oxygen atoms in total. The Morgan fingerprint density at radius 2 is 1.50 bits per heavy atom. The smallest absolute Gasteiger partial charge is 0.193 e. The molecular formula is C18H37O2. The van der Waals surface area contributed by atoms with Gasteiger partial charge in [-0.05, 0) is 24.2 Å². The highest BCUT2D eigenvalue weighted by Crippen LogP contribution is 2.25. The van der Waals surface area contributed by atoms with E-state index in [9.17, 15) is 5.11 Å². The third kappa shape index (κ3) is 7.64. The van der Waals surface area contributed by atoms with E-state index in [0.717, 1.165) is 6.42 Å². The molecule has 0 amide bonds. The SMILES string of the molecule is CCCC(CC)C(C)COC([O])C(C)CC(CC)CC. The van der Waals surface area contributed by atoms with Gasteiger partial charge in [0.05, 0.1) is 6.61 Å². The number of rotatable bonds is 12. The van der Waals surface area contributed by atoms with Gasteiger partial charge in [-0.25, -0.2) is 5.11 Å². The van der Waals surface area contributed by atoms with Gasteiger partial charge in [0, 0.05) is 5.92 Å². The molecule has 0 fully saturated rings. The zero-order valence-electron chi connectivity index (χ0n) is 14.7. The van der Waals surface area contributed by atoms with E-state index in [1.54, 1.807) is 0 Å². The molecule has 0 aromatic heterocycles. The van der Waals surface area contributed by atoms with E-state index in [1.807, 2.05) is 6.92 Å². The van der Waals surface area contributed by atoms with Crippen LogP contribution >= 0.6 is 0 Å². The maximum absolute atomic E-state index is 12.1. The van der Waals surface area contributed by atoms with Crippen LogP contribution in [0, 0.1) is 23.7 Å². The first-order chi connectivity index (χ1) is 9.49. The second-order valence-corrected chi connectivity index (χ2v) is 6.53. The van der Waals surface area contributed by atoms with Crippen LogP contribution in [0.2, 0.25) is 0 Å². The van der Waals surface area contributed by atoms with Crippen molar-refractivity contribution in [3.05, 3.63) is 0 Å². The van der Waals surface area contributed by atoms with E-state index in [0.29, 0.717) is 24.4 Å². The molecular weight excluding hydrogens is 248 g/mol. The van der Waals surface area contributed by atoms with Gasteiger partial charge in [-0.15, -0.1) is 0 Å². The molecule has 4 atom stereocenters. The summed E-state index contributed by atoms with van der Waals surface area (Å²) in [6.07, 6.45) is 6.13. The first-order valence-corrected chi connectivity index (χ1v) is 8.77. The first-order valence-electron chi connectivity index (χ1n) is 8.77. The van der Waals surface area contributed by atoms with Crippen molar-refractivity contribution < 1.29 is 9.84 Å². The van der Waals surface area contributed by atoms with Gasteiger partial charge in [0.25, 0.3) is 0 Å². The molecule has 0 spiro atoms. The molecule has 0 N–H and O–H groups in total. The number of ether oxygens (including phenoxy) is 1. The van der Waals surface area contributed by atoms with E-state index >= 15 is 0 Å². The zero-order valence-corrected chi connectivity index (χ0v) is 14.7. The van der Waals surface area contributed by atoms with Crippen LogP contribution < -0.4 is 0 Å². The Balaban J connectivity index is 4.09. The van der Waals surface area contributed by atoms with Gasteiger partial charge in [-0.1, -0.05) is 73.6 Å². The molecule has 0 heterocycles. The maximum Gasteiger partial charge on any atom is 0.193 e. The predicted molar refractivity (Wildman–Crippen MR) is 86.1 cm³/mol. The van der Waals surface area contributed by atoms with Crippen LogP contribution in [0.5, 0.6) is 0 Å². The van der Waals surface area contributed by atoms with Gasteiger partial charge in [-0.2, -0.15) is 0 Å². The Kier molecular flexibility index (Phi) is 11.5. The largest absolute Gasteiger partial charge is 0.349 e. The lowest BCUT2D eigenvalue weighted by Gasteiger charge is -2.26. The summed E-state index contributed by atoms with van der Waals surface area (Å²) in [5.74, 6) is 1.99. The molecule has 1 radical (unpaired) electrons. The van der Waals surface area contributed by atoms with E-state index in [1.165, 1.54) is 32.1 Å². The second-order valence-electron chi connectivity index (χ2n) is 6.53. The molecule has 0 aliphatic rings. The Labute approximate surface area is 127 Å². The Bertz CT molecular complexity index is 213. The van der Waals surface area contributed by atoms with Crippen LogP contribution in [0.4, 0.5) is 0 Å². The van der Waals surface area contributed by atoms with Gasteiger partial charge in [-0.3, -0.25) is 0 Å². The molecule has 2 heteroatoms. The molecule has 0 aliphatic heterocycles. The molecule has 0 rings (SSSR count). The predicted octanol–water partition coefficient (Wildman–Crippen LogP) is 5.68. The highest BCUT2D eigenvalue weighted by atomic mass is 16.6. The normalized spacial score (nSPS) is 18.0. The average molecular weight is 285 g/mol. The molecule has 20 heavy (non-hydrogen) atoms. The van der Waals surface area contributed by atoms with Crippen LogP contribution in [-0.2, 0) is 9.84 Å². The Hall–Kier alpha value is -0.0800. The summed E-state index contributed by atoms with van der Waals surface area (Å²) in [5.41, 5.74) is 0. The molecule has 0 bridgehead atoms. The summed E-state index contributed by atoms with van der Waals surface area (Å²) in [7, 11) is 0. The third-order valence-corrected chi connectivity index (χ3v) is 4.84. The number of hydrogen-bond acceptors (Lipinski definition) is 1. The quantitative estimate of drug-likeness (QED) is 0.424. The van der Waals surface area contributed by atoms with Crippen LogP contribution in [-0.4, -0.2) is 12.9 Å². The Morgan fingerprint density at radius 3 is 1.95 bits per heavy atom. The first kappa shape index (κ1) is 19.9. The van der Waals surface area contributed by atoms with Crippen molar-refractivity contribution in [3.63, 3.8) is 0 Å². The molecule has 121 valence electrons. The monoisotopic (exact) mass is 285 g/mol. The summed E-state index contributed by atoms with van der Waals surface area (Å²) in [4.78, 5) is 0. The van der Waals surface area contributed by atoms with E-state index in [4.69, 9.17) is 4.74 Å². The van der Waals surface area contributed by atoms with Gasteiger partial charge >= 0.3 is 0 Å². The molecule has 4 unspecified atom stereocenters. The van der Waals surface area contributed by atoms with Gasteiger partial charge in [0.15, 0.2) is 6.29 Å². The topological polar surface area (TPSA) is 29.1 Å². The second kappa shape index (κ2) is 11.6. The van der Waals surface area contributed by atoms with Gasteiger partial charge < -0.3 is 4.74 Å². The van der Waals surface area contributed by atoms with Crippen LogP contribution in [0.1, 0.15) is 80.1 Å². The summed E-state index contributed by atoms with van der Waals surface area (Å²) < 4.78 is 5.63. The minimum atomic E-state index is -0.850. The van der Waals surface area contributed by atoms with Gasteiger partial charge in [0.1, 0.15) is 0 Å². The van der Waals surface area contributed by atoms with Gasteiger partial charge in [0.2, 0.25) is 0 Å². The average Bonchev–Trinajstić information content (AvgIpc) is 2.46. The summed E-state index contributed by atoms with van der Waals surface area (Å²) in [5, 5.41) is 12.1. The molecule has 0 saturated heterocycles. The minimum absolute atomic E-state index is 0.123. The van der Waals surface area contributed by atoms with Crippen molar-refractivity contribution in [2.75, 3.05) is 6.61 Å². The van der Waals surface area contributed by atoms with E-state index in [-0.39, 0.29) is 5.92 Å². The van der Waals surface area contributed by atoms with Crippen molar-refractivity contribution in [2.45, 2.75) is 86.4 Å². The molecule has 0 aromatic rings. The molecule has 0 aliphatic carbocycles. The summed E-state index contributed by atoms with van der Waals surface area (Å²) in [6.45, 7) is 13.8. The van der Waals surface area contributed by atoms with Crippen molar-refractivity contribution in [2.24, 2.45) is 23.7 Å². The Morgan fingerprint density at radius 1 is 0.900 bits per heavy atom. The van der Waals surface area contributed by atoms with E-state index in [2.05, 4.69) is 34.6 Å².